The van der Waals surface area contributed by atoms with E-state index in [4.69, 9.17) is 0 Å². The Labute approximate surface area is 187 Å². The summed E-state index contributed by atoms with van der Waals surface area (Å²) in [5, 5.41) is 0. The fourth-order valence-electron chi connectivity index (χ4n) is 5.99. The quantitative estimate of drug-likeness (QED) is 0.254. The van der Waals surface area contributed by atoms with Crippen LogP contribution in [0.1, 0.15) is 107 Å². The summed E-state index contributed by atoms with van der Waals surface area (Å²) in [5.74, 6) is 1.42. The van der Waals surface area contributed by atoms with Gasteiger partial charge < -0.3 is 0 Å². The molecule has 174 valence electrons. The fourth-order valence-corrected chi connectivity index (χ4v) is 5.99. The average Bonchev–Trinajstić information content (AvgIpc) is 2.80. The van der Waals surface area contributed by atoms with Gasteiger partial charge in [-0.3, -0.25) is 4.39 Å². The number of alkyl halides is 1. The minimum atomic E-state index is -0.614. The van der Waals surface area contributed by atoms with E-state index in [-0.39, 0.29) is 12.6 Å². The Morgan fingerprint density at radius 1 is 0.839 bits per heavy atom. The normalized spacial score (nSPS) is 27.1. The molecule has 0 N–H and O–H groups in total. The Balaban J connectivity index is 1.41. The average molecular weight is 435 g/mol. The molecule has 2 aliphatic carbocycles. The topological polar surface area (TPSA) is 0 Å². The van der Waals surface area contributed by atoms with Gasteiger partial charge >= 0.3 is 0 Å². The number of unbranched alkanes of at least 4 members (excludes halogenated alkanes) is 1. The molecule has 3 rings (SSSR count). The molecule has 2 fully saturated rings. The largest absolute Gasteiger partial charge is 0.251 e. The van der Waals surface area contributed by atoms with Crippen LogP contribution in [-0.4, -0.2) is 6.67 Å². The third-order valence-corrected chi connectivity index (χ3v) is 7.89. The molecule has 0 nitrogen and oxygen atoms in total. The molecule has 0 amide bonds. The zero-order valence-corrected chi connectivity index (χ0v) is 19.4. The summed E-state index contributed by atoms with van der Waals surface area (Å²) in [6.07, 6.45) is 19.4. The summed E-state index contributed by atoms with van der Waals surface area (Å²) in [7, 11) is 0. The Bertz CT molecular complexity index is 680. The lowest BCUT2D eigenvalue weighted by Gasteiger charge is -2.38. The number of hydrogen-bond donors (Lipinski definition) is 0. The van der Waals surface area contributed by atoms with Crippen LogP contribution in [0.15, 0.2) is 24.3 Å². The van der Waals surface area contributed by atoms with Crippen LogP contribution in [0.2, 0.25) is 0 Å². The smallest absolute Gasteiger partial charge is 0.162 e. The van der Waals surface area contributed by atoms with Gasteiger partial charge in [0.2, 0.25) is 0 Å². The van der Waals surface area contributed by atoms with E-state index in [1.54, 1.807) is 6.07 Å². The van der Waals surface area contributed by atoms with Gasteiger partial charge in [0.25, 0.3) is 0 Å². The van der Waals surface area contributed by atoms with Gasteiger partial charge in [-0.25, -0.2) is 8.78 Å². The second-order valence-electron chi connectivity index (χ2n) is 9.96. The lowest BCUT2D eigenvalue weighted by atomic mass is 9.68. The van der Waals surface area contributed by atoms with E-state index in [9.17, 15) is 13.2 Å². The van der Waals surface area contributed by atoms with Gasteiger partial charge in [-0.15, -0.1) is 0 Å². The Morgan fingerprint density at radius 2 is 1.48 bits per heavy atom. The minimum absolute atomic E-state index is 0.182. The van der Waals surface area contributed by atoms with Gasteiger partial charge in [0.15, 0.2) is 11.6 Å². The first-order valence-electron chi connectivity index (χ1n) is 12.8. The third kappa shape index (κ3) is 6.86. The molecule has 0 saturated heterocycles. The van der Waals surface area contributed by atoms with Crippen molar-refractivity contribution in [3.8, 4) is 0 Å². The predicted molar refractivity (Wildman–Crippen MR) is 124 cm³/mol. The van der Waals surface area contributed by atoms with Crippen molar-refractivity contribution in [2.45, 2.75) is 103 Å². The Kier molecular flexibility index (Phi) is 9.99. The van der Waals surface area contributed by atoms with Gasteiger partial charge in [0, 0.05) is 0 Å². The zero-order valence-electron chi connectivity index (χ0n) is 19.4. The van der Waals surface area contributed by atoms with Crippen molar-refractivity contribution in [1.29, 1.82) is 0 Å². The van der Waals surface area contributed by atoms with Crippen molar-refractivity contribution in [3.63, 3.8) is 0 Å². The molecule has 0 bridgehead atoms. The van der Waals surface area contributed by atoms with E-state index in [1.165, 1.54) is 32.1 Å². The molecule has 3 heteroatoms. The molecule has 0 aliphatic heterocycles. The summed E-state index contributed by atoms with van der Waals surface area (Å²) in [6.45, 7) is 1.78. The van der Waals surface area contributed by atoms with Gasteiger partial charge in [-0.05, 0) is 105 Å². The lowest BCUT2D eigenvalue weighted by molar-refractivity contribution is 0.156. The molecule has 31 heavy (non-hydrogen) atoms. The maximum Gasteiger partial charge on any atom is 0.162 e. The van der Waals surface area contributed by atoms with Crippen LogP contribution in [-0.2, 0) is 6.42 Å². The van der Waals surface area contributed by atoms with Crippen LogP contribution in [0.5, 0.6) is 0 Å². The summed E-state index contributed by atoms with van der Waals surface area (Å²) < 4.78 is 41.1. The maximum absolute atomic E-state index is 14.7. The summed E-state index contributed by atoms with van der Waals surface area (Å²) in [6, 6.07) is 3.66. The molecule has 0 unspecified atom stereocenters. The molecular weight excluding hydrogens is 393 g/mol. The molecule has 2 saturated carbocycles. The predicted octanol–water partition coefficient (Wildman–Crippen LogP) is 9.08. The first-order chi connectivity index (χ1) is 15.1. The highest BCUT2D eigenvalue weighted by Crippen LogP contribution is 2.45. The standard InChI is InChI=1S/C28H41F3/c1-2-8-25-18-19-26(28(31)27(25)30)24-16-14-23(15-17-24)22-12-10-21(11-13-22)9-6-4-3-5-7-20-29/h3-4,18-19,21-24H,2,5-17,20H2,1H3/b4-3+. The van der Waals surface area contributed by atoms with Crippen LogP contribution < -0.4 is 0 Å². The zero-order chi connectivity index (χ0) is 22.1. The molecule has 0 atom stereocenters. The second kappa shape index (κ2) is 12.7. The van der Waals surface area contributed by atoms with Crippen molar-refractivity contribution < 1.29 is 13.2 Å². The molecular formula is C28H41F3. The highest BCUT2D eigenvalue weighted by atomic mass is 19.2. The van der Waals surface area contributed by atoms with Crippen LogP contribution in [0, 0.1) is 29.4 Å². The van der Waals surface area contributed by atoms with Gasteiger partial charge in [0.1, 0.15) is 0 Å². The van der Waals surface area contributed by atoms with Crippen molar-refractivity contribution in [2.24, 2.45) is 17.8 Å². The van der Waals surface area contributed by atoms with E-state index >= 15 is 0 Å². The molecule has 2 aliphatic rings. The number of aryl methyl sites for hydroxylation is 1. The molecule has 0 radical (unpaired) electrons. The number of allylic oxidation sites excluding steroid dienone is 2. The van der Waals surface area contributed by atoms with Gasteiger partial charge in [0.05, 0.1) is 6.67 Å². The molecule has 1 aromatic carbocycles. The number of hydrogen-bond acceptors (Lipinski definition) is 0. The summed E-state index contributed by atoms with van der Waals surface area (Å²) >= 11 is 0. The van der Waals surface area contributed by atoms with E-state index in [0.717, 1.165) is 62.7 Å². The lowest BCUT2D eigenvalue weighted by Crippen LogP contribution is -2.25. The number of benzene rings is 1. The van der Waals surface area contributed by atoms with Crippen molar-refractivity contribution in [2.75, 3.05) is 6.67 Å². The first-order valence-corrected chi connectivity index (χ1v) is 12.8. The fraction of sp³-hybridized carbons (Fsp3) is 0.714. The third-order valence-electron chi connectivity index (χ3n) is 7.89. The minimum Gasteiger partial charge on any atom is -0.251 e. The monoisotopic (exact) mass is 434 g/mol. The molecule has 0 aromatic heterocycles. The van der Waals surface area contributed by atoms with Crippen LogP contribution in [0.4, 0.5) is 13.2 Å². The summed E-state index contributed by atoms with van der Waals surface area (Å²) in [4.78, 5) is 0. The van der Waals surface area contributed by atoms with E-state index in [2.05, 4.69) is 12.2 Å². The molecule has 0 spiro atoms. The van der Waals surface area contributed by atoms with Crippen LogP contribution in [0.3, 0.4) is 0 Å². The van der Waals surface area contributed by atoms with Gasteiger partial charge in [-0.1, -0.05) is 50.5 Å². The van der Waals surface area contributed by atoms with E-state index in [1.807, 2.05) is 13.0 Å². The Morgan fingerprint density at radius 3 is 2.13 bits per heavy atom. The number of halogens is 3. The molecule has 1 aromatic rings. The van der Waals surface area contributed by atoms with Gasteiger partial charge in [-0.2, -0.15) is 0 Å². The van der Waals surface area contributed by atoms with Crippen molar-refractivity contribution in [3.05, 3.63) is 47.0 Å². The highest BCUT2D eigenvalue weighted by molar-refractivity contribution is 5.29. The summed E-state index contributed by atoms with van der Waals surface area (Å²) in [5.41, 5.74) is 1.13. The van der Waals surface area contributed by atoms with Crippen molar-refractivity contribution >= 4 is 0 Å². The van der Waals surface area contributed by atoms with Crippen molar-refractivity contribution in [1.82, 2.24) is 0 Å². The Hall–Kier alpha value is -1.25. The van der Waals surface area contributed by atoms with Crippen LogP contribution in [0.25, 0.3) is 0 Å². The van der Waals surface area contributed by atoms with E-state index in [0.29, 0.717) is 24.0 Å². The van der Waals surface area contributed by atoms with Crippen LogP contribution >= 0.6 is 0 Å². The SMILES string of the molecule is CCCc1ccc(C2CCC(C3CCC(CC/C=C/CCCF)CC3)CC2)c(F)c1F. The number of rotatable bonds is 10. The first kappa shape index (κ1) is 24.4. The highest BCUT2D eigenvalue weighted by Gasteiger charge is 2.32. The maximum atomic E-state index is 14.7. The van der Waals surface area contributed by atoms with E-state index < -0.39 is 11.6 Å². The molecule has 0 heterocycles. The second-order valence-corrected chi connectivity index (χ2v) is 9.96.